The summed E-state index contributed by atoms with van der Waals surface area (Å²) >= 11 is 0. The fourth-order valence-electron chi connectivity index (χ4n) is 1.71. The van der Waals surface area contributed by atoms with Crippen molar-refractivity contribution < 1.29 is 33.5 Å². The normalized spacial score (nSPS) is 42.8. The molecule has 0 spiro atoms. The van der Waals surface area contributed by atoms with Gasteiger partial charge in [0, 0.05) is 0 Å². The van der Waals surface area contributed by atoms with Crippen molar-refractivity contribution in [3.63, 3.8) is 0 Å². The number of ether oxygens (including phenoxy) is 2. The molecular weight excluding hydrogens is 215 g/mol. The number of phosphoric ester groups is 1. The van der Waals surface area contributed by atoms with Crippen LogP contribution in [0.1, 0.15) is 0 Å². The molecule has 0 bridgehead atoms. The van der Waals surface area contributed by atoms with E-state index in [9.17, 15) is 9.67 Å². The van der Waals surface area contributed by atoms with Gasteiger partial charge in [-0.2, -0.15) is 0 Å². The average molecular weight is 226 g/mol. The van der Waals surface area contributed by atoms with Crippen LogP contribution in [0.5, 0.6) is 0 Å². The molecule has 3 N–H and O–H groups in total. The predicted octanol–water partition coefficient (Wildman–Crippen LogP) is -1.38. The van der Waals surface area contributed by atoms with Crippen molar-refractivity contribution in [3.05, 3.63) is 0 Å². The van der Waals surface area contributed by atoms with E-state index < -0.39 is 32.2 Å². The molecule has 7 nitrogen and oxygen atoms in total. The molecule has 0 amide bonds. The third-order valence-corrected chi connectivity index (χ3v) is 2.80. The highest BCUT2D eigenvalue weighted by atomic mass is 31.2. The molecule has 2 rings (SSSR count). The van der Waals surface area contributed by atoms with Gasteiger partial charge in [-0.3, -0.25) is 4.52 Å². The first-order chi connectivity index (χ1) is 6.47. The zero-order chi connectivity index (χ0) is 10.3. The summed E-state index contributed by atoms with van der Waals surface area (Å²) < 4.78 is 25.2. The third-order valence-electron chi connectivity index (χ3n) is 2.25. The molecule has 14 heavy (non-hydrogen) atoms. The number of aliphatic hydroxyl groups is 1. The van der Waals surface area contributed by atoms with E-state index in [1.54, 1.807) is 0 Å². The van der Waals surface area contributed by atoms with E-state index in [1.165, 1.54) is 0 Å². The highest BCUT2D eigenvalue weighted by Gasteiger charge is 2.49. The molecule has 0 radical (unpaired) electrons. The van der Waals surface area contributed by atoms with Gasteiger partial charge >= 0.3 is 7.82 Å². The minimum atomic E-state index is -4.53. The second-order valence-corrected chi connectivity index (χ2v) is 4.49. The van der Waals surface area contributed by atoms with Crippen LogP contribution in [0.15, 0.2) is 0 Å². The molecule has 0 aromatic heterocycles. The maximum atomic E-state index is 10.6. The van der Waals surface area contributed by atoms with Gasteiger partial charge in [-0.15, -0.1) is 0 Å². The van der Waals surface area contributed by atoms with Gasteiger partial charge in [0.1, 0.15) is 24.4 Å². The van der Waals surface area contributed by atoms with E-state index >= 15 is 0 Å². The van der Waals surface area contributed by atoms with Crippen LogP contribution in [0.3, 0.4) is 0 Å². The van der Waals surface area contributed by atoms with Gasteiger partial charge in [-0.25, -0.2) is 4.57 Å². The zero-order valence-electron chi connectivity index (χ0n) is 7.15. The monoisotopic (exact) mass is 226 g/mol. The summed E-state index contributed by atoms with van der Waals surface area (Å²) in [5, 5.41) is 9.32. The molecular formula is C6H11O7P. The van der Waals surface area contributed by atoms with Gasteiger partial charge in [0.05, 0.1) is 13.2 Å². The second kappa shape index (κ2) is 3.53. The van der Waals surface area contributed by atoms with E-state index in [4.69, 9.17) is 19.3 Å². The van der Waals surface area contributed by atoms with Gasteiger partial charge in [0.2, 0.25) is 0 Å². The van der Waals surface area contributed by atoms with Crippen molar-refractivity contribution in [3.8, 4) is 0 Å². The SMILES string of the molecule is O=P(O)(O)O[C@@H]1CO[C@H]2[C@@H]1OC[C@@H]2O. The van der Waals surface area contributed by atoms with Crippen LogP contribution in [0.25, 0.3) is 0 Å². The lowest BCUT2D eigenvalue weighted by Gasteiger charge is -2.16. The Kier molecular flexibility index (Phi) is 2.65. The maximum absolute atomic E-state index is 10.6. The van der Waals surface area contributed by atoms with Crippen molar-refractivity contribution >= 4 is 7.82 Å². The van der Waals surface area contributed by atoms with Gasteiger partial charge in [-0.05, 0) is 0 Å². The Bertz CT molecular complexity index is 263. The maximum Gasteiger partial charge on any atom is 0.470 e. The third kappa shape index (κ3) is 1.99. The van der Waals surface area contributed by atoms with E-state index in [1.807, 2.05) is 0 Å². The van der Waals surface area contributed by atoms with Crippen LogP contribution in [-0.4, -0.2) is 52.5 Å². The Morgan fingerprint density at radius 2 is 1.86 bits per heavy atom. The second-order valence-electron chi connectivity index (χ2n) is 3.30. The number of fused-ring (bicyclic) bond motifs is 1. The van der Waals surface area contributed by atoms with E-state index in [-0.39, 0.29) is 13.2 Å². The van der Waals surface area contributed by atoms with Gasteiger partial charge in [0.15, 0.2) is 0 Å². The number of hydrogen-bond acceptors (Lipinski definition) is 5. The molecule has 2 fully saturated rings. The lowest BCUT2D eigenvalue weighted by Crippen LogP contribution is -2.32. The zero-order valence-corrected chi connectivity index (χ0v) is 8.04. The molecule has 82 valence electrons. The van der Waals surface area contributed by atoms with Crippen LogP contribution < -0.4 is 0 Å². The fraction of sp³-hybridized carbons (Fsp3) is 1.00. The topological polar surface area (TPSA) is 105 Å². The first kappa shape index (κ1) is 10.5. The summed E-state index contributed by atoms with van der Waals surface area (Å²) in [4.78, 5) is 17.2. The van der Waals surface area contributed by atoms with Crippen molar-refractivity contribution in [1.82, 2.24) is 0 Å². The number of phosphoric acid groups is 1. The number of rotatable bonds is 2. The summed E-state index contributed by atoms with van der Waals surface area (Å²) in [5.74, 6) is 0. The summed E-state index contributed by atoms with van der Waals surface area (Å²) in [5.41, 5.74) is 0. The van der Waals surface area contributed by atoms with Crippen LogP contribution in [0.2, 0.25) is 0 Å². The number of aliphatic hydroxyl groups excluding tert-OH is 1. The minimum absolute atomic E-state index is 0.0253. The molecule has 2 heterocycles. The lowest BCUT2D eigenvalue weighted by molar-refractivity contribution is 0.00162. The van der Waals surface area contributed by atoms with Crippen LogP contribution in [0.4, 0.5) is 0 Å². The molecule has 0 aliphatic carbocycles. The van der Waals surface area contributed by atoms with Crippen LogP contribution >= 0.6 is 7.82 Å². The minimum Gasteiger partial charge on any atom is -0.388 e. The van der Waals surface area contributed by atoms with Crippen molar-refractivity contribution in [1.29, 1.82) is 0 Å². The Labute approximate surface area is 79.8 Å². The van der Waals surface area contributed by atoms with Crippen molar-refractivity contribution in [2.45, 2.75) is 24.4 Å². The van der Waals surface area contributed by atoms with Crippen LogP contribution in [0, 0.1) is 0 Å². The number of hydrogen-bond donors (Lipinski definition) is 3. The predicted molar refractivity (Wildman–Crippen MR) is 42.4 cm³/mol. The van der Waals surface area contributed by atoms with E-state index in [0.29, 0.717) is 0 Å². The Morgan fingerprint density at radius 3 is 2.50 bits per heavy atom. The fourth-order valence-corrected chi connectivity index (χ4v) is 2.24. The van der Waals surface area contributed by atoms with Gasteiger partial charge < -0.3 is 24.4 Å². The van der Waals surface area contributed by atoms with E-state index in [0.717, 1.165) is 0 Å². The molecule has 8 heteroatoms. The summed E-state index contributed by atoms with van der Waals surface area (Å²) in [7, 11) is -4.53. The quantitative estimate of drug-likeness (QED) is 0.498. The molecule has 0 saturated carbocycles. The van der Waals surface area contributed by atoms with Crippen LogP contribution in [-0.2, 0) is 18.6 Å². The summed E-state index contributed by atoms with van der Waals surface area (Å²) in [6, 6.07) is 0. The molecule has 0 aromatic rings. The van der Waals surface area contributed by atoms with E-state index in [2.05, 4.69) is 4.52 Å². The molecule has 2 aliphatic rings. The lowest BCUT2D eigenvalue weighted by atomic mass is 10.1. The largest absolute Gasteiger partial charge is 0.470 e. The molecule has 2 aliphatic heterocycles. The van der Waals surface area contributed by atoms with Gasteiger partial charge in [-0.1, -0.05) is 0 Å². The standard InChI is InChI=1S/C6H11O7P/c7-3-1-11-6-4(2-12-5(3)6)13-14(8,9)10/h3-7H,1-2H2,(H2,8,9,10)/t3-,4+,5+,6+/m0/s1. The van der Waals surface area contributed by atoms with Crippen molar-refractivity contribution in [2.24, 2.45) is 0 Å². The molecule has 0 aromatic carbocycles. The first-order valence-electron chi connectivity index (χ1n) is 4.12. The average Bonchev–Trinajstić information content (AvgIpc) is 2.55. The highest BCUT2D eigenvalue weighted by Crippen LogP contribution is 2.42. The van der Waals surface area contributed by atoms with Gasteiger partial charge in [0.25, 0.3) is 0 Å². The molecule has 2 saturated heterocycles. The summed E-state index contributed by atoms with van der Waals surface area (Å²) in [6.45, 7) is 0.133. The summed E-state index contributed by atoms with van der Waals surface area (Å²) in [6.07, 6.45) is -2.67. The Morgan fingerprint density at radius 1 is 1.21 bits per heavy atom. The molecule has 4 atom stereocenters. The smallest absolute Gasteiger partial charge is 0.388 e. The van der Waals surface area contributed by atoms with Crippen molar-refractivity contribution in [2.75, 3.05) is 13.2 Å². The Balaban J connectivity index is 2.00. The highest BCUT2D eigenvalue weighted by molar-refractivity contribution is 7.46. The molecule has 0 unspecified atom stereocenters. The Hall–Kier alpha value is -0.0100. The first-order valence-corrected chi connectivity index (χ1v) is 5.65.